The largest absolute Gasteiger partial charge is 0.494 e. The van der Waals surface area contributed by atoms with E-state index >= 15 is 0 Å². The van der Waals surface area contributed by atoms with Crippen molar-refractivity contribution in [2.24, 2.45) is 17.8 Å². The van der Waals surface area contributed by atoms with Gasteiger partial charge in [0.1, 0.15) is 17.4 Å². The molecule has 0 bridgehead atoms. The van der Waals surface area contributed by atoms with Gasteiger partial charge in [0, 0.05) is 18.8 Å². The maximum atomic E-state index is 14.9. The Kier molecular flexibility index (Phi) is 8.78. The minimum absolute atomic E-state index is 0.130. The maximum Gasteiger partial charge on any atom is 0.253 e. The van der Waals surface area contributed by atoms with Crippen molar-refractivity contribution in [3.8, 4) is 5.75 Å². The van der Waals surface area contributed by atoms with Crippen LogP contribution in [0, 0.1) is 17.8 Å². The second kappa shape index (κ2) is 12.5. The van der Waals surface area contributed by atoms with Crippen LogP contribution in [0.2, 0.25) is 5.02 Å². The molecular formula is C36H42ClN3O6. The van der Waals surface area contributed by atoms with Gasteiger partial charge in [-0.3, -0.25) is 14.4 Å². The second-order valence-electron chi connectivity index (χ2n) is 12.9. The summed E-state index contributed by atoms with van der Waals surface area (Å²) in [7, 11) is 0. The van der Waals surface area contributed by atoms with Crippen molar-refractivity contribution in [3.05, 3.63) is 77.9 Å². The van der Waals surface area contributed by atoms with Crippen molar-refractivity contribution in [1.82, 2.24) is 4.90 Å². The van der Waals surface area contributed by atoms with Crippen molar-refractivity contribution in [2.75, 3.05) is 36.1 Å². The molecule has 0 saturated carbocycles. The van der Waals surface area contributed by atoms with Gasteiger partial charge in [-0.05, 0) is 62.1 Å². The fraction of sp³-hybridized carbons (Fsp3) is 0.472. The highest BCUT2D eigenvalue weighted by molar-refractivity contribution is 6.34. The SMILES string of the molecule is CCOc1ccc(N2CC=C[C@@]3(CC)O[C@]45C=CCN(c6ccccc6Cl)C(=O)C4N([C@@H](CO)CC(C)C)C(=O)[C@@H]5[C@H]3C2=O)cc1. The number of hydrogen-bond donors (Lipinski definition) is 1. The monoisotopic (exact) mass is 647 g/mol. The first-order valence-corrected chi connectivity index (χ1v) is 16.6. The van der Waals surface area contributed by atoms with Gasteiger partial charge in [0.15, 0.2) is 0 Å². The molecule has 2 fully saturated rings. The topological polar surface area (TPSA) is 99.6 Å². The first kappa shape index (κ1) is 32.3. The Labute approximate surface area is 275 Å². The first-order valence-electron chi connectivity index (χ1n) is 16.2. The minimum atomic E-state index is -1.45. The smallest absolute Gasteiger partial charge is 0.253 e. The minimum Gasteiger partial charge on any atom is -0.494 e. The fourth-order valence-electron chi connectivity index (χ4n) is 7.92. The van der Waals surface area contributed by atoms with Gasteiger partial charge in [0.05, 0.1) is 47.4 Å². The molecule has 244 valence electrons. The summed E-state index contributed by atoms with van der Waals surface area (Å²) in [6.07, 6.45) is 8.39. The number of likely N-dealkylation sites (tertiary alicyclic amines) is 1. The van der Waals surface area contributed by atoms with E-state index < -0.39 is 35.1 Å². The number of ether oxygens (including phenoxy) is 2. The van der Waals surface area contributed by atoms with Crippen LogP contribution in [0.4, 0.5) is 11.4 Å². The molecule has 4 heterocycles. The van der Waals surface area contributed by atoms with Gasteiger partial charge in [0.25, 0.3) is 5.91 Å². The highest BCUT2D eigenvalue weighted by Crippen LogP contribution is 2.59. The van der Waals surface area contributed by atoms with Gasteiger partial charge in [-0.1, -0.05) is 68.8 Å². The molecule has 0 aromatic heterocycles. The summed E-state index contributed by atoms with van der Waals surface area (Å²) in [6, 6.07) is 12.7. The predicted molar refractivity (Wildman–Crippen MR) is 177 cm³/mol. The Morgan fingerprint density at radius 1 is 0.935 bits per heavy atom. The third-order valence-electron chi connectivity index (χ3n) is 9.83. The third kappa shape index (κ3) is 5.04. The Balaban J connectivity index is 1.49. The van der Waals surface area contributed by atoms with Crippen LogP contribution >= 0.6 is 11.6 Å². The van der Waals surface area contributed by atoms with Crippen molar-refractivity contribution >= 4 is 40.7 Å². The number of anilines is 2. The van der Waals surface area contributed by atoms with Crippen LogP contribution in [0.25, 0.3) is 0 Å². The van der Waals surface area contributed by atoms with Gasteiger partial charge >= 0.3 is 0 Å². The molecule has 46 heavy (non-hydrogen) atoms. The molecule has 6 atom stereocenters. The lowest BCUT2D eigenvalue weighted by molar-refractivity contribution is -0.149. The zero-order valence-corrected chi connectivity index (χ0v) is 27.5. The summed E-state index contributed by atoms with van der Waals surface area (Å²) in [5.74, 6) is -2.05. The predicted octanol–water partition coefficient (Wildman–Crippen LogP) is 5.01. The van der Waals surface area contributed by atoms with Crippen LogP contribution in [-0.4, -0.2) is 77.3 Å². The van der Waals surface area contributed by atoms with E-state index in [-0.39, 0.29) is 36.8 Å². The molecule has 6 rings (SSSR count). The summed E-state index contributed by atoms with van der Waals surface area (Å²) in [5, 5.41) is 11.1. The first-order chi connectivity index (χ1) is 22.1. The molecule has 0 aliphatic carbocycles. The van der Waals surface area contributed by atoms with Gasteiger partial charge < -0.3 is 29.3 Å². The quantitative estimate of drug-likeness (QED) is 0.384. The molecule has 3 amide bonds. The number of para-hydroxylation sites is 1. The number of halogens is 1. The molecule has 10 heteroatoms. The van der Waals surface area contributed by atoms with Crippen LogP contribution < -0.4 is 14.5 Å². The number of aliphatic hydroxyl groups excluding tert-OH is 1. The Bertz CT molecular complexity index is 1560. The second-order valence-corrected chi connectivity index (χ2v) is 13.3. The van der Waals surface area contributed by atoms with E-state index in [1.165, 1.54) is 4.90 Å². The third-order valence-corrected chi connectivity index (χ3v) is 10.1. The molecule has 9 nitrogen and oxygen atoms in total. The normalized spacial score (nSPS) is 29.5. The molecule has 2 aromatic rings. The number of fused-ring (bicyclic) bond motifs is 2. The molecule has 4 aliphatic heterocycles. The van der Waals surface area contributed by atoms with Crippen LogP contribution in [-0.2, 0) is 19.1 Å². The van der Waals surface area contributed by atoms with E-state index in [2.05, 4.69) is 0 Å². The van der Waals surface area contributed by atoms with Crippen molar-refractivity contribution in [3.63, 3.8) is 0 Å². The van der Waals surface area contributed by atoms with Crippen molar-refractivity contribution in [2.45, 2.75) is 63.8 Å². The van der Waals surface area contributed by atoms with Gasteiger partial charge in [-0.25, -0.2) is 0 Å². The lowest BCUT2D eigenvalue weighted by Gasteiger charge is -2.41. The van der Waals surface area contributed by atoms with E-state index in [9.17, 15) is 19.5 Å². The Morgan fingerprint density at radius 3 is 2.28 bits per heavy atom. The van der Waals surface area contributed by atoms with Crippen LogP contribution in [0.5, 0.6) is 5.75 Å². The lowest BCUT2D eigenvalue weighted by Crippen LogP contribution is -2.59. The molecule has 4 aliphatic rings. The number of amides is 3. The Morgan fingerprint density at radius 2 is 1.63 bits per heavy atom. The van der Waals surface area contributed by atoms with E-state index in [1.54, 1.807) is 28.0 Å². The van der Waals surface area contributed by atoms with Crippen LogP contribution in [0.15, 0.2) is 72.8 Å². The summed E-state index contributed by atoms with van der Waals surface area (Å²) in [6.45, 7) is 8.58. The van der Waals surface area contributed by atoms with E-state index in [1.807, 2.05) is 82.3 Å². The fourth-order valence-corrected chi connectivity index (χ4v) is 8.16. The molecule has 1 N–H and O–H groups in total. The van der Waals surface area contributed by atoms with Crippen molar-refractivity contribution < 1.29 is 29.0 Å². The summed E-state index contributed by atoms with van der Waals surface area (Å²) >= 11 is 6.60. The number of nitrogens with zero attached hydrogens (tertiary/aromatic N) is 3. The molecule has 2 aromatic carbocycles. The molecule has 0 radical (unpaired) electrons. The van der Waals surface area contributed by atoms with Crippen LogP contribution in [0.1, 0.15) is 40.5 Å². The highest BCUT2D eigenvalue weighted by Gasteiger charge is 2.76. The van der Waals surface area contributed by atoms with Crippen LogP contribution in [0.3, 0.4) is 0 Å². The molecule has 2 saturated heterocycles. The highest BCUT2D eigenvalue weighted by atomic mass is 35.5. The number of carbonyl (C=O) groups is 3. The maximum absolute atomic E-state index is 14.9. The average molecular weight is 648 g/mol. The van der Waals surface area contributed by atoms with E-state index in [0.717, 1.165) is 0 Å². The summed E-state index contributed by atoms with van der Waals surface area (Å²) in [5.41, 5.74) is -1.38. The van der Waals surface area contributed by atoms with Gasteiger partial charge in [-0.15, -0.1) is 0 Å². The Hall–Kier alpha value is -3.66. The summed E-state index contributed by atoms with van der Waals surface area (Å²) < 4.78 is 12.7. The van der Waals surface area contributed by atoms with E-state index in [4.69, 9.17) is 21.1 Å². The van der Waals surface area contributed by atoms with Crippen molar-refractivity contribution in [1.29, 1.82) is 0 Å². The van der Waals surface area contributed by atoms with Gasteiger partial charge in [0.2, 0.25) is 11.8 Å². The molecule has 1 spiro atoms. The number of carbonyl (C=O) groups excluding carboxylic acids is 3. The zero-order chi connectivity index (χ0) is 32.8. The standard InChI is InChI=1S/C36H42ClN3O6/c1-5-35-17-9-19-38(24-13-15-26(16-14-24)45-6-2)32(42)29(35)30-33(43)40(25(22-41)21-23(3)4)31-34(44)39(20-10-18-36(30,31)46-35)28-12-8-7-11-27(28)37/h7-18,23,25,29-31,41H,5-6,19-22H2,1-4H3/t25-,29+,30+,31?,35-,36+/m1/s1. The van der Waals surface area contributed by atoms with Gasteiger partial charge in [-0.2, -0.15) is 0 Å². The number of benzene rings is 2. The average Bonchev–Trinajstić information content (AvgIpc) is 3.34. The zero-order valence-electron chi connectivity index (χ0n) is 26.8. The summed E-state index contributed by atoms with van der Waals surface area (Å²) in [4.78, 5) is 49.3. The number of aliphatic hydroxyl groups is 1. The number of hydrogen-bond acceptors (Lipinski definition) is 6. The lowest BCUT2D eigenvalue weighted by atomic mass is 9.73. The van der Waals surface area contributed by atoms with E-state index in [0.29, 0.717) is 48.1 Å². The molecule has 1 unspecified atom stereocenters. The number of rotatable bonds is 9. The molecular weight excluding hydrogens is 606 g/mol.